The number of pyridine rings is 6. The maximum Gasteiger partial charge on any atom is 0.494 e. The summed E-state index contributed by atoms with van der Waals surface area (Å²) in [6.07, 6.45) is 7.23. The predicted molar refractivity (Wildman–Crippen MR) is 288 cm³/mol. The van der Waals surface area contributed by atoms with Crippen LogP contribution in [0, 0.1) is 0 Å². The number of para-hydroxylation sites is 2. The fraction of sp³-hybridized carbons (Fsp3) is 0.100. The summed E-state index contributed by atoms with van der Waals surface area (Å²) in [5, 5.41) is 7.34. The third-order valence-electron chi connectivity index (χ3n) is 13.3. The van der Waals surface area contributed by atoms with Crippen LogP contribution in [0.25, 0.3) is 99.1 Å². The van der Waals surface area contributed by atoms with Gasteiger partial charge in [0.25, 0.3) is 0 Å². The second-order valence-electron chi connectivity index (χ2n) is 18.3. The van der Waals surface area contributed by atoms with E-state index < -0.39 is 0 Å². The fourth-order valence-electron chi connectivity index (χ4n) is 8.78. The molecule has 10 heteroatoms. The van der Waals surface area contributed by atoms with Gasteiger partial charge in [0.2, 0.25) is 0 Å². The number of halogens is 1. The van der Waals surface area contributed by atoms with Crippen molar-refractivity contribution in [1.29, 1.82) is 0 Å². The van der Waals surface area contributed by atoms with Crippen LogP contribution in [-0.4, -0.2) is 48.2 Å². The Morgan fingerprint density at radius 3 is 1.23 bits per heavy atom. The van der Waals surface area contributed by atoms with Gasteiger partial charge in [-0.25, -0.2) is 9.97 Å². The summed E-state index contributed by atoms with van der Waals surface area (Å²) in [5.74, 6) is 0. The first-order valence-corrected chi connectivity index (χ1v) is 23.7. The van der Waals surface area contributed by atoms with Crippen molar-refractivity contribution in [2.45, 2.75) is 38.9 Å². The van der Waals surface area contributed by atoms with Crippen molar-refractivity contribution >= 4 is 89.6 Å². The molecule has 0 radical (unpaired) electrons. The molecule has 0 N–H and O–H groups in total. The molecule has 6 aromatic carbocycles. The van der Waals surface area contributed by atoms with E-state index in [4.69, 9.17) is 30.9 Å². The highest BCUT2D eigenvalue weighted by atomic mass is 35.5. The van der Waals surface area contributed by atoms with Crippen molar-refractivity contribution in [2.24, 2.45) is 0 Å². The summed E-state index contributed by atoms with van der Waals surface area (Å²) in [4.78, 5) is 27.7. The van der Waals surface area contributed by atoms with Crippen LogP contribution in [0.1, 0.15) is 27.7 Å². The lowest BCUT2D eigenvalue weighted by Crippen LogP contribution is -2.41. The first-order chi connectivity index (χ1) is 34.1. The molecule has 338 valence electrons. The summed E-state index contributed by atoms with van der Waals surface area (Å²) >= 11 is 5.89. The molecule has 0 saturated carbocycles. The summed E-state index contributed by atoms with van der Waals surface area (Å²) in [6.45, 7) is 8.27. The average molecular weight is 929 g/mol. The lowest BCUT2D eigenvalue weighted by molar-refractivity contribution is 0.00578. The van der Waals surface area contributed by atoms with E-state index in [1.54, 1.807) is 6.20 Å². The molecule has 0 spiro atoms. The minimum Gasteiger partial charge on any atom is -0.399 e. The minimum atomic E-state index is -0.355. The number of rotatable bonds is 4. The number of nitrogens with zero attached hydrogens (tertiary/aromatic N) is 6. The third-order valence-corrected chi connectivity index (χ3v) is 13.6. The Balaban J connectivity index is 0.000000126. The van der Waals surface area contributed by atoms with E-state index in [1.165, 1.54) is 0 Å². The highest BCUT2D eigenvalue weighted by Crippen LogP contribution is 2.37. The topological polar surface area (TPSA) is 95.8 Å². The van der Waals surface area contributed by atoms with Gasteiger partial charge in [-0.2, -0.15) is 0 Å². The van der Waals surface area contributed by atoms with Crippen molar-refractivity contribution in [1.82, 2.24) is 29.9 Å². The molecule has 12 aromatic rings. The van der Waals surface area contributed by atoms with E-state index in [0.717, 1.165) is 105 Å². The summed E-state index contributed by atoms with van der Waals surface area (Å²) in [6, 6.07) is 61.6. The standard InChI is InChI=1S/C27H17N3.C24H23BN2O2.C9H6ClN/c1-4-20-5-2-16-28-25(20)23(7-1)18-8-10-19(11-9-18)24-15-14-22-13-12-21-6-3-17-29-26(21)27(22)30-24;1-23(2)24(3,4)29-25(28-23)19-12-9-16(10-13-19)20-14-11-18-8-7-17-6-5-15-26-21(17)22(18)27-20;10-8-5-1-3-7-4-2-6-11-9(7)8/h1-17H;5-15H,1-4H3;1-6H. The van der Waals surface area contributed by atoms with E-state index in [0.29, 0.717) is 5.02 Å². The van der Waals surface area contributed by atoms with Gasteiger partial charge in [0, 0.05) is 73.8 Å². The summed E-state index contributed by atoms with van der Waals surface area (Å²) in [5.41, 5.74) is 12.3. The van der Waals surface area contributed by atoms with Crippen LogP contribution in [0.5, 0.6) is 0 Å². The van der Waals surface area contributed by atoms with Crippen LogP contribution in [-0.2, 0) is 9.31 Å². The molecule has 1 aliphatic rings. The van der Waals surface area contributed by atoms with Gasteiger partial charge in [0.1, 0.15) is 0 Å². The van der Waals surface area contributed by atoms with Gasteiger partial charge in [0.15, 0.2) is 0 Å². The first-order valence-electron chi connectivity index (χ1n) is 23.3. The molecule has 70 heavy (non-hydrogen) atoms. The number of benzene rings is 6. The van der Waals surface area contributed by atoms with E-state index >= 15 is 0 Å². The Labute approximate surface area is 411 Å². The number of fused-ring (bicyclic) bond motifs is 8. The average Bonchev–Trinajstić information content (AvgIpc) is 3.63. The maximum atomic E-state index is 6.16. The predicted octanol–water partition coefficient (Wildman–Crippen LogP) is 14.3. The normalized spacial score (nSPS) is 13.9. The van der Waals surface area contributed by atoms with Gasteiger partial charge >= 0.3 is 7.12 Å². The molecule has 0 atom stereocenters. The van der Waals surface area contributed by atoms with Gasteiger partial charge in [0.05, 0.1) is 60.7 Å². The number of hydrogen-bond donors (Lipinski definition) is 0. The molecule has 13 rings (SSSR count). The largest absolute Gasteiger partial charge is 0.494 e. The molecular weight excluding hydrogens is 883 g/mol. The Kier molecular flexibility index (Phi) is 11.8. The SMILES string of the molecule is CC1(C)OB(c2ccc(-c3ccc4ccc5cccnc5c4n3)cc2)OC1(C)C.Clc1cccc2cccnc12.c1cnc2c(-c3ccc(-c4ccc5ccc6cccnc6c5n4)cc3)cccc2c1. The van der Waals surface area contributed by atoms with Crippen LogP contribution in [0.2, 0.25) is 5.02 Å². The molecule has 6 aromatic heterocycles. The zero-order valence-electron chi connectivity index (χ0n) is 39.1. The Morgan fingerprint density at radius 2 is 0.729 bits per heavy atom. The Bertz CT molecular complexity index is 3860. The van der Waals surface area contributed by atoms with Crippen molar-refractivity contribution in [2.75, 3.05) is 0 Å². The minimum absolute atomic E-state index is 0.343. The molecule has 0 unspecified atom stereocenters. The van der Waals surface area contributed by atoms with Crippen LogP contribution in [0.4, 0.5) is 0 Å². The highest BCUT2D eigenvalue weighted by Gasteiger charge is 2.51. The van der Waals surface area contributed by atoms with Gasteiger partial charge in [-0.3, -0.25) is 19.9 Å². The van der Waals surface area contributed by atoms with Gasteiger partial charge in [-0.05, 0) is 81.2 Å². The highest BCUT2D eigenvalue weighted by molar-refractivity contribution is 6.62. The second-order valence-corrected chi connectivity index (χ2v) is 18.7. The number of hydrogen-bond acceptors (Lipinski definition) is 8. The third kappa shape index (κ3) is 8.71. The van der Waals surface area contributed by atoms with Crippen LogP contribution in [0.15, 0.2) is 207 Å². The molecule has 1 aliphatic heterocycles. The van der Waals surface area contributed by atoms with Crippen molar-refractivity contribution in [3.05, 3.63) is 212 Å². The molecule has 1 saturated heterocycles. The first kappa shape index (κ1) is 44.6. The zero-order chi connectivity index (χ0) is 47.8. The fourth-order valence-corrected chi connectivity index (χ4v) is 9.01. The molecule has 1 fully saturated rings. The van der Waals surface area contributed by atoms with Crippen LogP contribution < -0.4 is 5.46 Å². The molecule has 8 nitrogen and oxygen atoms in total. The maximum absolute atomic E-state index is 6.16. The zero-order valence-corrected chi connectivity index (χ0v) is 39.8. The lowest BCUT2D eigenvalue weighted by atomic mass is 9.79. The van der Waals surface area contributed by atoms with Gasteiger partial charge < -0.3 is 9.31 Å². The van der Waals surface area contributed by atoms with E-state index in [-0.39, 0.29) is 18.3 Å². The van der Waals surface area contributed by atoms with Gasteiger partial charge in [-0.15, -0.1) is 0 Å². The van der Waals surface area contributed by atoms with E-state index in [9.17, 15) is 0 Å². The monoisotopic (exact) mass is 928 g/mol. The van der Waals surface area contributed by atoms with Crippen LogP contribution >= 0.6 is 11.6 Å². The lowest BCUT2D eigenvalue weighted by Gasteiger charge is -2.32. The van der Waals surface area contributed by atoms with Crippen molar-refractivity contribution < 1.29 is 9.31 Å². The number of aromatic nitrogens is 6. The summed E-state index contributed by atoms with van der Waals surface area (Å²) < 4.78 is 12.3. The van der Waals surface area contributed by atoms with Crippen LogP contribution in [0.3, 0.4) is 0 Å². The molecule has 0 bridgehead atoms. The second kappa shape index (κ2) is 18.5. The molecular formula is C60H46BClN6O2. The Morgan fingerprint density at radius 1 is 0.357 bits per heavy atom. The molecule has 0 aliphatic carbocycles. The van der Waals surface area contributed by atoms with E-state index in [1.807, 2.05) is 67.1 Å². The Hall–Kier alpha value is -7.95. The van der Waals surface area contributed by atoms with E-state index in [2.05, 4.69) is 181 Å². The molecule has 0 amide bonds. The quantitative estimate of drug-likeness (QED) is 0.127. The smallest absolute Gasteiger partial charge is 0.399 e. The molecule has 7 heterocycles. The van der Waals surface area contributed by atoms with Gasteiger partial charge in [-0.1, -0.05) is 151 Å². The summed E-state index contributed by atoms with van der Waals surface area (Å²) in [7, 11) is -0.355. The van der Waals surface area contributed by atoms with Crippen molar-refractivity contribution in [3.63, 3.8) is 0 Å². The van der Waals surface area contributed by atoms with Crippen molar-refractivity contribution in [3.8, 4) is 33.6 Å².